The normalized spacial score (nSPS) is 19.3. The maximum Gasteiger partial charge on any atom is 0.257 e. The van der Waals surface area contributed by atoms with E-state index in [4.69, 9.17) is 9.47 Å². The lowest BCUT2D eigenvalue weighted by atomic mass is 10.0. The molecule has 0 bridgehead atoms. The predicted octanol–water partition coefficient (Wildman–Crippen LogP) is 1.41. The quantitative estimate of drug-likeness (QED) is 0.723. The van der Waals surface area contributed by atoms with E-state index in [-0.39, 0.29) is 24.2 Å². The van der Waals surface area contributed by atoms with Crippen molar-refractivity contribution in [1.82, 2.24) is 5.32 Å². The van der Waals surface area contributed by atoms with Gasteiger partial charge in [-0.1, -0.05) is 12.1 Å². The van der Waals surface area contributed by atoms with Crippen LogP contribution in [0.15, 0.2) is 24.3 Å². The second kappa shape index (κ2) is 8.19. The third kappa shape index (κ3) is 5.74. The zero-order valence-corrected chi connectivity index (χ0v) is 14.1. The highest BCUT2D eigenvalue weighted by atomic mass is 32.2. The van der Waals surface area contributed by atoms with Gasteiger partial charge in [0.2, 0.25) is 0 Å². The molecule has 2 rings (SSSR count). The van der Waals surface area contributed by atoms with Crippen LogP contribution in [0.5, 0.6) is 11.5 Å². The molecule has 1 saturated heterocycles. The fourth-order valence-corrected chi connectivity index (χ4v) is 4.56. The van der Waals surface area contributed by atoms with Gasteiger partial charge in [0, 0.05) is 6.54 Å². The zero-order valence-electron chi connectivity index (χ0n) is 13.3. The lowest BCUT2D eigenvalue weighted by Crippen LogP contribution is -2.30. The van der Waals surface area contributed by atoms with E-state index in [0.717, 1.165) is 19.3 Å². The molecule has 1 aliphatic rings. The molecule has 0 radical (unpaired) electrons. The molecule has 1 atom stereocenters. The van der Waals surface area contributed by atoms with E-state index in [1.54, 1.807) is 19.2 Å². The van der Waals surface area contributed by atoms with Gasteiger partial charge in [0.05, 0.1) is 18.6 Å². The van der Waals surface area contributed by atoms with Crippen LogP contribution in [-0.4, -0.2) is 46.1 Å². The molecule has 0 aliphatic carbocycles. The van der Waals surface area contributed by atoms with E-state index in [1.807, 2.05) is 12.1 Å². The molecule has 0 saturated carbocycles. The summed E-state index contributed by atoms with van der Waals surface area (Å²) in [6.07, 6.45) is 2.35. The van der Waals surface area contributed by atoms with Crippen molar-refractivity contribution < 1.29 is 22.7 Å². The standard InChI is InChI=1S/C16H23NO5S/c1-21-14-6-2-3-7-15(14)22-11-16(18)17-9-4-5-13-8-10-23(19,20)12-13/h2-3,6-7,13H,4-5,8-12H2,1H3,(H,17,18). The van der Waals surface area contributed by atoms with Crippen molar-refractivity contribution >= 4 is 15.7 Å². The molecule has 1 aromatic rings. The number of carbonyl (C=O) groups excluding carboxylic acids is 1. The van der Waals surface area contributed by atoms with Crippen LogP contribution in [-0.2, 0) is 14.6 Å². The van der Waals surface area contributed by atoms with E-state index in [1.165, 1.54) is 0 Å². The van der Waals surface area contributed by atoms with Gasteiger partial charge in [-0.15, -0.1) is 0 Å². The van der Waals surface area contributed by atoms with Crippen LogP contribution in [0, 0.1) is 5.92 Å². The number of carbonyl (C=O) groups is 1. The molecule has 128 valence electrons. The fourth-order valence-electron chi connectivity index (χ4n) is 2.65. The van der Waals surface area contributed by atoms with Crippen molar-refractivity contribution in [3.63, 3.8) is 0 Å². The van der Waals surface area contributed by atoms with Gasteiger partial charge in [0.25, 0.3) is 5.91 Å². The Kier molecular flexibility index (Phi) is 6.27. The monoisotopic (exact) mass is 341 g/mol. The molecule has 1 N–H and O–H groups in total. The first-order valence-electron chi connectivity index (χ1n) is 7.73. The van der Waals surface area contributed by atoms with E-state index >= 15 is 0 Å². The number of ether oxygens (including phenoxy) is 2. The lowest BCUT2D eigenvalue weighted by molar-refractivity contribution is -0.123. The third-order valence-electron chi connectivity index (χ3n) is 3.87. The third-order valence-corrected chi connectivity index (χ3v) is 5.70. The first-order chi connectivity index (χ1) is 11.0. The molecule has 1 fully saturated rings. The largest absolute Gasteiger partial charge is 0.493 e. The van der Waals surface area contributed by atoms with Crippen molar-refractivity contribution in [3.8, 4) is 11.5 Å². The van der Waals surface area contributed by atoms with Gasteiger partial charge in [-0.05, 0) is 37.3 Å². The molecule has 0 spiro atoms. The average molecular weight is 341 g/mol. The highest BCUT2D eigenvalue weighted by molar-refractivity contribution is 7.91. The Bertz CT molecular complexity index is 629. The van der Waals surface area contributed by atoms with Crippen LogP contribution < -0.4 is 14.8 Å². The maximum atomic E-state index is 11.7. The summed E-state index contributed by atoms with van der Waals surface area (Å²) in [5.41, 5.74) is 0. The van der Waals surface area contributed by atoms with Gasteiger partial charge in [-0.3, -0.25) is 4.79 Å². The number of rotatable bonds is 8. The number of amides is 1. The Morgan fingerprint density at radius 3 is 2.70 bits per heavy atom. The van der Waals surface area contributed by atoms with Crippen LogP contribution in [0.2, 0.25) is 0 Å². The molecule has 6 nitrogen and oxygen atoms in total. The highest BCUT2D eigenvalue weighted by Gasteiger charge is 2.27. The van der Waals surface area contributed by atoms with Gasteiger partial charge >= 0.3 is 0 Å². The average Bonchev–Trinajstić information content (AvgIpc) is 2.89. The first kappa shape index (κ1) is 17.6. The van der Waals surface area contributed by atoms with Gasteiger partial charge in [-0.2, -0.15) is 0 Å². The van der Waals surface area contributed by atoms with Crippen molar-refractivity contribution in [2.45, 2.75) is 19.3 Å². The number of methoxy groups -OCH3 is 1. The number of sulfone groups is 1. The number of benzene rings is 1. The van der Waals surface area contributed by atoms with Gasteiger partial charge in [-0.25, -0.2) is 8.42 Å². The minimum absolute atomic E-state index is 0.0712. The predicted molar refractivity (Wildman–Crippen MR) is 87.5 cm³/mol. The highest BCUT2D eigenvalue weighted by Crippen LogP contribution is 2.25. The minimum atomic E-state index is -2.81. The Morgan fingerprint density at radius 1 is 1.30 bits per heavy atom. The smallest absolute Gasteiger partial charge is 0.257 e. The van der Waals surface area contributed by atoms with Crippen molar-refractivity contribution in [1.29, 1.82) is 0 Å². The Balaban J connectivity index is 1.62. The molecule has 23 heavy (non-hydrogen) atoms. The van der Waals surface area contributed by atoms with Gasteiger partial charge in [0.15, 0.2) is 27.9 Å². The van der Waals surface area contributed by atoms with Crippen LogP contribution in [0.25, 0.3) is 0 Å². The lowest BCUT2D eigenvalue weighted by Gasteiger charge is -2.11. The second-order valence-corrected chi connectivity index (χ2v) is 7.93. The number of nitrogens with one attached hydrogen (secondary N) is 1. The van der Waals surface area contributed by atoms with Crippen LogP contribution in [0.3, 0.4) is 0 Å². The summed E-state index contributed by atoms with van der Waals surface area (Å²) in [5.74, 6) is 1.75. The maximum absolute atomic E-state index is 11.7. The van der Waals surface area contributed by atoms with Crippen molar-refractivity contribution in [2.24, 2.45) is 5.92 Å². The molecule has 1 unspecified atom stereocenters. The molecule has 1 aliphatic heterocycles. The zero-order chi connectivity index (χ0) is 16.7. The molecular formula is C16H23NO5S. The molecule has 0 aromatic heterocycles. The van der Waals surface area contributed by atoms with E-state index in [9.17, 15) is 13.2 Å². The molecule has 1 aromatic carbocycles. The number of hydrogen-bond donors (Lipinski definition) is 1. The minimum Gasteiger partial charge on any atom is -0.493 e. The van der Waals surface area contributed by atoms with Crippen molar-refractivity contribution in [2.75, 3.05) is 31.8 Å². The Hall–Kier alpha value is -1.76. The van der Waals surface area contributed by atoms with Crippen LogP contribution >= 0.6 is 0 Å². The fraction of sp³-hybridized carbons (Fsp3) is 0.562. The summed E-state index contributed by atoms with van der Waals surface area (Å²) in [4.78, 5) is 11.7. The summed E-state index contributed by atoms with van der Waals surface area (Å²) >= 11 is 0. The Labute approximate surface area is 137 Å². The summed E-state index contributed by atoms with van der Waals surface area (Å²) < 4.78 is 33.3. The summed E-state index contributed by atoms with van der Waals surface area (Å²) in [7, 11) is -1.27. The Morgan fingerprint density at radius 2 is 2.04 bits per heavy atom. The number of hydrogen-bond acceptors (Lipinski definition) is 5. The molecule has 1 amide bonds. The van der Waals surface area contributed by atoms with Gasteiger partial charge < -0.3 is 14.8 Å². The van der Waals surface area contributed by atoms with Crippen LogP contribution in [0.4, 0.5) is 0 Å². The SMILES string of the molecule is COc1ccccc1OCC(=O)NCCCC1CCS(=O)(=O)C1. The van der Waals surface area contributed by atoms with E-state index < -0.39 is 9.84 Å². The number of para-hydroxylation sites is 2. The summed E-state index contributed by atoms with van der Waals surface area (Å²) in [5, 5.41) is 2.78. The van der Waals surface area contributed by atoms with Gasteiger partial charge in [0.1, 0.15) is 0 Å². The molecule has 7 heteroatoms. The molecule has 1 heterocycles. The van der Waals surface area contributed by atoms with Crippen molar-refractivity contribution in [3.05, 3.63) is 24.3 Å². The first-order valence-corrected chi connectivity index (χ1v) is 9.55. The van der Waals surface area contributed by atoms with E-state index in [2.05, 4.69) is 5.32 Å². The second-order valence-electron chi connectivity index (χ2n) is 5.70. The van der Waals surface area contributed by atoms with E-state index in [0.29, 0.717) is 23.8 Å². The van der Waals surface area contributed by atoms with Crippen LogP contribution in [0.1, 0.15) is 19.3 Å². The summed E-state index contributed by atoms with van der Waals surface area (Å²) in [6.45, 7) is 0.461. The molecular weight excluding hydrogens is 318 g/mol. The topological polar surface area (TPSA) is 81.7 Å². The summed E-state index contributed by atoms with van der Waals surface area (Å²) in [6, 6.07) is 7.15.